The lowest BCUT2D eigenvalue weighted by Gasteiger charge is -2.15. The molecule has 5 heteroatoms. The average molecular weight is 251 g/mol. The summed E-state index contributed by atoms with van der Waals surface area (Å²) >= 11 is 1.48. The average Bonchev–Trinajstić information content (AvgIpc) is 2.98. The Morgan fingerprint density at radius 3 is 3.00 bits per heavy atom. The third-order valence-corrected chi connectivity index (χ3v) is 3.55. The molecule has 0 saturated heterocycles. The Morgan fingerprint density at radius 1 is 1.47 bits per heavy atom. The standard InChI is InChI=1S/C12H17N3OS/c1-3-10-12(17-15-14-10)11(13-4-2)8-9-6-5-7-16-9/h5-7,11,13H,3-4,8H2,1-2H3. The molecule has 1 N–H and O–H groups in total. The molecule has 0 fully saturated rings. The van der Waals surface area contributed by atoms with Crippen molar-refractivity contribution in [3.8, 4) is 0 Å². The summed E-state index contributed by atoms with van der Waals surface area (Å²) in [5.74, 6) is 0.992. The number of nitrogens with zero attached hydrogens (tertiary/aromatic N) is 2. The van der Waals surface area contributed by atoms with Crippen LogP contribution in [0.1, 0.15) is 36.2 Å². The van der Waals surface area contributed by atoms with Gasteiger partial charge in [-0.3, -0.25) is 0 Å². The summed E-state index contributed by atoms with van der Waals surface area (Å²) in [6.45, 7) is 5.14. The molecule has 0 radical (unpaired) electrons. The maximum absolute atomic E-state index is 5.41. The monoisotopic (exact) mass is 251 g/mol. The topological polar surface area (TPSA) is 51.0 Å². The van der Waals surface area contributed by atoms with Crippen molar-refractivity contribution in [1.82, 2.24) is 14.9 Å². The number of hydrogen-bond acceptors (Lipinski definition) is 5. The predicted molar refractivity (Wildman–Crippen MR) is 68.1 cm³/mol. The molecule has 2 heterocycles. The van der Waals surface area contributed by atoms with Crippen molar-refractivity contribution in [1.29, 1.82) is 0 Å². The summed E-state index contributed by atoms with van der Waals surface area (Å²) in [7, 11) is 0. The lowest BCUT2D eigenvalue weighted by Crippen LogP contribution is -2.23. The zero-order chi connectivity index (χ0) is 12.1. The number of nitrogens with one attached hydrogen (secondary N) is 1. The van der Waals surface area contributed by atoms with E-state index < -0.39 is 0 Å². The fourth-order valence-electron chi connectivity index (χ4n) is 1.86. The highest BCUT2D eigenvalue weighted by molar-refractivity contribution is 7.05. The SMILES string of the molecule is CCNC(Cc1ccco1)c1snnc1CC. The molecule has 4 nitrogen and oxygen atoms in total. The van der Waals surface area contributed by atoms with E-state index in [-0.39, 0.29) is 6.04 Å². The summed E-state index contributed by atoms with van der Waals surface area (Å²) in [6.07, 6.45) is 3.48. The van der Waals surface area contributed by atoms with Gasteiger partial charge in [-0.25, -0.2) is 0 Å². The molecule has 1 unspecified atom stereocenters. The van der Waals surface area contributed by atoms with E-state index in [0.717, 1.165) is 30.8 Å². The van der Waals surface area contributed by atoms with Crippen molar-refractivity contribution in [2.75, 3.05) is 6.54 Å². The quantitative estimate of drug-likeness (QED) is 0.857. The van der Waals surface area contributed by atoms with Crippen molar-refractivity contribution in [3.05, 3.63) is 34.7 Å². The van der Waals surface area contributed by atoms with Gasteiger partial charge in [0.1, 0.15) is 5.76 Å². The van der Waals surface area contributed by atoms with Gasteiger partial charge in [-0.2, -0.15) is 0 Å². The van der Waals surface area contributed by atoms with Crippen molar-refractivity contribution in [3.63, 3.8) is 0 Å². The Labute approximate surface area is 105 Å². The molecule has 0 aliphatic carbocycles. The Hall–Kier alpha value is -1.20. The van der Waals surface area contributed by atoms with Crippen LogP contribution in [0.4, 0.5) is 0 Å². The Morgan fingerprint density at radius 2 is 2.35 bits per heavy atom. The Kier molecular flexibility index (Phi) is 4.28. The number of aromatic nitrogens is 2. The van der Waals surface area contributed by atoms with Gasteiger partial charge in [-0.15, -0.1) is 5.10 Å². The highest BCUT2D eigenvalue weighted by Gasteiger charge is 2.19. The molecule has 1 atom stereocenters. The van der Waals surface area contributed by atoms with Gasteiger partial charge in [0, 0.05) is 6.42 Å². The maximum atomic E-state index is 5.41. The summed E-state index contributed by atoms with van der Waals surface area (Å²) < 4.78 is 9.45. The van der Waals surface area contributed by atoms with Crippen molar-refractivity contribution >= 4 is 11.5 Å². The van der Waals surface area contributed by atoms with Crippen LogP contribution in [0.15, 0.2) is 22.8 Å². The van der Waals surface area contributed by atoms with Crippen molar-refractivity contribution in [2.45, 2.75) is 32.7 Å². The summed E-state index contributed by atoms with van der Waals surface area (Å²) in [6, 6.07) is 4.18. The van der Waals surface area contributed by atoms with Crippen LogP contribution in [0, 0.1) is 0 Å². The highest BCUT2D eigenvalue weighted by Crippen LogP contribution is 2.24. The van der Waals surface area contributed by atoms with Crippen molar-refractivity contribution < 1.29 is 4.42 Å². The van der Waals surface area contributed by atoms with Crippen molar-refractivity contribution in [2.24, 2.45) is 0 Å². The van der Waals surface area contributed by atoms with E-state index in [1.807, 2.05) is 12.1 Å². The lowest BCUT2D eigenvalue weighted by molar-refractivity contribution is 0.456. The highest BCUT2D eigenvalue weighted by atomic mass is 32.1. The fourth-order valence-corrected chi connectivity index (χ4v) is 2.67. The predicted octanol–water partition coefficient (Wildman–Crippen LogP) is 2.59. The molecule has 2 rings (SSSR count). The van der Waals surface area contributed by atoms with Crippen LogP contribution >= 0.6 is 11.5 Å². The second-order valence-electron chi connectivity index (χ2n) is 3.83. The minimum atomic E-state index is 0.251. The summed E-state index contributed by atoms with van der Waals surface area (Å²) in [5, 5.41) is 7.63. The molecule has 0 saturated carbocycles. The third-order valence-electron chi connectivity index (χ3n) is 2.67. The maximum Gasteiger partial charge on any atom is 0.105 e. The first-order valence-electron chi connectivity index (χ1n) is 5.92. The molecule has 0 aliphatic rings. The van der Waals surface area contributed by atoms with E-state index >= 15 is 0 Å². The second-order valence-corrected chi connectivity index (χ2v) is 4.62. The first-order chi connectivity index (χ1) is 8.35. The number of likely N-dealkylation sites (N-methyl/N-ethyl adjacent to an activating group) is 1. The van der Waals surface area contributed by atoms with Crippen LogP contribution in [0.2, 0.25) is 0 Å². The van der Waals surface area contributed by atoms with Gasteiger partial charge in [0.05, 0.1) is 22.9 Å². The fraction of sp³-hybridized carbons (Fsp3) is 0.500. The zero-order valence-electron chi connectivity index (χ0n) is 10.1. The number of furan rings is 1. The van der Waals surface area contributed by atoms with Crippen LogP contribution < -0.4 is 5.32 Å². The third kappa shape index (κ3) is 2.92. The summed E-state index contributed by atoms with van der Waals surface area (Å²) in [5.41, 5.74) is 1.09. The zero-order valence-corrected chi connectivity index (χ0v) is 11.0. The molecule has 0 spiro atoms. The minimum absolute atomic E-state index is 0.251. The molecule has 0 amide bonds. The van der Waals surface area contributed by atoms with Crippen LogP contribution in [0.25, 0.3) is 0 Å². The number of rotatable bonds is 6. The molecular formula is C12H17N3OS. The number of aryl methyl sites for hydroxylation is 1. The lowest BCUT2D eigenvalue weighted by atomic mass is 10.1. The normalized spacial score (nSPS) is 12.8. The van der Waals surface area contributed by atoms with Gasteiger partial charge < -0.3 is 9.73 Å². The van der Waals surface area contributed by atoms with E-state index in [9.17, 15) is 0 Å². The second kappa shape index (κ2) is 5.93. The van der Waals surface area contributed by atoms with E-state index in [1.54, 1.807) is 6.26 Å². The molecule has 0 aliphatic heterocycles. The Bertz CT molecular complexity index is 438. The number of hydrogen-bond donors (Lipinski definition) is 1. The van der Waals surface area contributed by atoms with Gasteiger partial charge in [0.2, 0.25) is 0 Å². The van der Waals surface area contributed by atoms with Crippen LogP contribution in [-0.2, 0) is 12.8 Å². The largest absolute Gasteiger partial charge is 0.469 e. The molecule has 92 valence electrons. The van der Waals surface area contributed by atoms with Gasteiger partial charge in [0.15, 0.2) is 0 Å². The Balaban J connectivity index is 2.16. The van der Waals surface area contributed by atoms with Gasteiger partial charge in [-0.05, 0) is 36.6 Å². The van der Waals surface area contributed by atoms with Crippen LogP contribution in [-0.4, -0.2) is 16.1 Å². The van der Waals surface area contributed by atoms with E-state index in [1.165, 1.54) is 16.4 Å². The van der Waals surface area contributed by atoms with E-state index in [0.29, 0.717) is 0 Å². The first-order valence-corrected chi connectivity index (χ1v) is 6.69. The van der Waals surface area contributed by atoms with E-state index in [2.05, 4.69) is 28.8 Å². The molecule has 2 aromatic rings. The van der Waals surface area contributed by atoms with Gasteiger partial charge in [0.25, 0.3) is 0 Å². The molecule has 0 aromatic carbocycles. The minimum Gasteiger partial charge on any atom is -0.469 e. The van der Waals surface area contributed by atoms with E-state index in [4.69, 9.17) is 4.42 Å². The molecule has 17 heavy (non-hydrogen) atoms. The summed E-state index contributed by atoms with van der Waals surface area (Å²) in [4.78, 5) is 1.23. The molecular weight excluding hydrogens is 234 g/mol. The van der Waals surface area contributed by atoms with Gasteiger partial charge >= 0.3 is 0 Å². The van der Waals surface area contributed by atoms with Crippen LogP contribution in [0.5, 0.6) is 0 Å². The molecule has 2 aromatic heterocycles. The first kappa shape index (κ1) is 12.3. The smallest absolute Gasteiger partial charge is 0.105 e. The van der Waals surface area contributed by atoms with Crippen LogP contribution in [0.3, 0.4) is 0 Å². The van der Waals surface area contributed by atoms with Gasteiger partial charge in [-0.1, -0.05) is 18.3 Å². The molecule has 0 bridgehead atoms.